The van der Waals surface area contributed by atoms with Gasteiger partial charge in [-0.15, -0.1) is 0 Å². The normalized spacial score (nSPS) is 10.5. The molecule has 22 heavy (non-hydrogen) atoms. The van der Waals surface area contributed by atoms with Crippen molar-refractivity contribution >= 4 is 10.8 Å². The number of nitrogens with zero attached hydrogens (tertiary/aromatic N) is 1. The van der Waals surface area contributed by atoms with Crippen LogP contribution >= 0.6 is 0 Å². The summed E-state index contributed by atoms with van der Waals surface area (Å²) in [5, 5.41) is 1.94. The van der Waals surface area contributed by atoms with E-state index in [9.17, 15) is 0 Å². The van der Waals surface area contributed by atoms with Crippen LogP contribution in [0, 0.1) is 0 Å². The standard InChI is InChI=1S/C18H17NO3/c1-20-16-5-4-14-15(18(16)22-3)10-13(11-17(14)21-2)12-6-8-19-9-7-12/h4-11H,1-3H3. The van der Waals surface area contributed by atoms with E-state index in [0.717, 1.165) is 27.6 Å². The van der Waals surface area contributed by atoms with E-state index >= 15 is 0 Å². The first kappa shape index (κ1) is 14.2. The summed E-state index contributed by atoms with van der Waals surface area (Å²) in [7, 11) is 4.94. The summed E-state index contributed by atoms with van der Waals surface area (Å²) in [5.41, 5.74) is 2.11. The summed E-state index contributed by atoms with van der Waals surface area (Å²) in [5.74, 6) is 2.20. The van der Waals surface area contributed by atoms with E-state index in [1.165, 1.54) is 0 Å². The third kappa shape index (κ3) is 2.33. The molecule has 3 aromatic rings. The average Bonchev–Trinajstić information content (AvgIpc) is 2.60. The van der Waals surface area contributed by atoms with Crippen LogP contribution in [-0.4, -0.2) is 26.3 Å². The molecule has 112 valence electrons. The second kappa shape index (κ2) is 5.93. The minimum atomic E-state index is 0.698. The molecule has 4 heteroatoms. The highest BCUT2D eigenvalue weighted by Gasteiger charge is 2.14. The zero-order valence-corrected chi connectivity index (χ0v) is 12.8. The van der Waals surface area contributed by atoms with Crippen molar-refractivity contribution in [2.24, 2.45) is 0 Å². The van der Waals surface area contributed by atoms with E-state index in [0.29, 0.717) is 11.5 Å². The lowest BCUT2D eigenvalue weighted by Gasteiger charge is -2.14. The van der Waals surface area contributed by atoms with E-state index in [1.54, 1.807) is 33.7 Å². The maximum atomic E-state index is 5.55. The zero-order valence-electron chi connectivity index (χ0n) is 12.8. The van der Waals surface area contributed by atoms with Crippen LogP contribution in [0.1, 0.15) is 0 Å². The van der Waals surface area contributed by atoms with Crippen molar-refractivity contribution in [3.05, 3.63) is 48.8 Å². The van der Waals surface area contributed by atoms with Gasteiger partial charge in [0.1, 0.15) is 5.75 Å². The summed E-state index contributed by atoms with van der Waals surface area (Å²) < 4.78 is 16.5. The first-order valence-electron chi connectivity index (χ1n) is 6.91. The van der Waals surface area contributed by atoms with Crippen LogP contribution in [0.2, 0.25) is 0 Å². The lowest BCUT2D eigenvalue weighted by atomic mass is 10.00. The van der Waals surface area contributed by atoms with Gasteiger partial charge in [-0.1, -0.05) is 0 Å². The summed E-state index contributed by atoms with van der Waals surface area (Å²) in [6.07, 6.45) is 3.55. The van der Waals surface area contributed by atoms with E-state index in [2.05, 4.69) is 11.1 Å². The predicted octanol–water partition coefficient (Wildman–Crippen LogP) is 3.93. The molecule has 1 aromatic heterocycles. The molecule has 3 rings (SSSR count). The van der Waals surface area contributed by atoms with Crippen molar-refractivity contribution < 1.29 is 14.2 Å². The molecule has 0 saturated heterocycles. The predicted molar refractivity (Wildman–Crippen MR) is 86.8 cm³/mol. The van der Waals surface area contributed by atoms with Gasteiger partial charge in [0.25, 0.3) is 0 Å². The van der Waals surface area contributed by atoms with Crippen LogP contribution in [0.5, 0.6) is 17.2 Å². The van der Waals surface area contributed by atoms with Gasteiger partial charge in [0.2, 0.25) is 0 Å². The van der Waals surface area contributed by atoms with E-state index in [4.69, 9.17) is 14.2 Å². The summed E-state index contributed by atoms with van der Waals surface area (Å²) in [4.78, 5) is 4.06. The van der Waals surface area contributed by atoms with Crippen LogP contribution in [0.25, 0.3) is 21.9 Å². The first-order chi connectivity index (χ1) is 10.8. The van der Waals surface area contributed by atoms with Gasteiger partial charge in [-0.05, 0) is 47.5 Å². The van der Waals surface area contributed by atoms with Gasteiger partial charge in [-0.25, -0.2) is 0 Å². The molecule has 0 spiro atoms. The fourth-order valence-corrected chi connectivity index (χ4v) is 2.61. The minimum Gasteiger partial charge on any atom is -0.496 e. The lowest BCUT2D eigenvalue weighted by molar-refractivity contribution is 0.358. The Bertz CT molecular complexity index is 800. The Morgan fingerprint density at radius 3 is 2.05 bits per heavy atom. The Labute approximate surface area is 129 Å². The third-order valence-corrected chi connectivity index (χ3v) is 3.67. The first-order valence-corrected chi connectivity index (χ1v) is 6.91. The highest BCUT2D eigenvalue weighted by molar-refractivity contribution is 5.98. The van der Waals surface area contributed by atoms with Crippen molar-refractivity contribution in [3.8, 4) is 28.4 Å². The number of fused-ring (bicyclic) bond motifs is 1. The number of ether oxygens (including phenoxy) is 3. The van der Waals surface area contributed by atoms with Gasteiger partial charge >= 0.3 is 0 Å². The van der Waals surface area contributed by atoms with Gasteiger partial charge in [-0.2, -0.15) is 0 Å². The summed E-state index contributed by atoms with van der Waals surface area (Å²) in [6.45, 7) is 0. The second-order valence-corrected chi connectivity index (χ2v) is 4.81. The van der Waals surface area contributed by atoms with Gasteiger partial charge in [0.05, 0.1) is 21.3 Å². The number of hydrogen-bond acceptors (Lipinski definition) is 4. The maximum absolute atomic E-state index is 5.55. The molecule has 0 radical (unpaired) electrons. The quantitative estimate of drug-likeness (QED) is 0.731. The van der Waals surface area contributed by atoms with Crippen LogP contribution in [-0.2, 0) is 0 Å². The monoisotopic (exact) mass is 295 g/mol. The number of rotatable bonds is 4. The maximum Gasteiger partial charge on any atom is 0.168 e. The molecule has 0 atom stereocenters. The van der Waals surface area contributed by atoms with Gasteiger partial charge < -0.3 is 14.2 Å². The largest absolute Gasteiger partial charge is 0.496 e. The molecule has 0 bridgehead atoms. The van der Waals surface area contributed by atoms with Crippen LogP contribution < -0.4 is 14.2 Å². The molecular weight excluding hydrogens is 278 g/mol. The molecule has 0 aliphatic heterocycles. The Morgan fingerprint density at radius 2 is 1.41 bits per heavy atom. The Hall–Kier alpha value is -2.75. The van der Waals surface area contributed by atoms with Crippen molar-refractivity contribution in [2.45, 2.75) is 0 Å². The number of aromatic nitrogens is 1. The second-order valence-electron chi connectivity index (χ2n) is 4.81. The molecule has 0 aliphatic rings. The molecular formula is C18H17NO3. The van der Waals surface area contributed by atoms with E-state index in [1.807, 2.05) is 30.3 Å². The number of benzene rings is 2. The topological polar surface area (TPSA) is 40.6 Å². The van der Waals surface area contributed by atoms with E-state index < -0.39 is 0 Å². The molecule has 0 unspecified atom stereocenters. The Kier molecular flexibility index (Phi) is 3.83. The zero-order chi connectivity index (χ0) is 15.5. The van der Waals surface area contributed by atoms with Gasteiger partial charge in [0.15, 0.2) is 11.5 Å². The van der Waals surface area contributed by atoms with Crippen LogP contribution in [0.4, 0.5) is 0 Å². The molecule has 1 heterocycles. The van der Waals surface area contributed by atoms with Gasteiger partial charge in [0, 0.05) is 23.2 Å². The Balaban J connectivity index is 2.33. The molecule has 0 amide bonds. The summed E-state index contributed by atoms with van der Waals surface area (Å²) >= 11 is 0. The SMILES string of the molecule is COc1ccc2c(OC)cc(-c3ccncc3)cc2c1OC. The number of pyridine rings is 1. The molecule has 0 fully saturated rings. The lowest BCUT2D eigenvalue weighted by Crippen LogP contribution is -1.94. The van der Waals surface area contributed by atoms with E-state index in [-0.39, 0.29) is 0 Å². The van der Waals surface area contributed by atoms with Crippen molar-refractivity contribution in [3.63, 3.8) is 0 Å². The number of methoxy groups -OCH3 is 3. The van der Waals surface area contributed by atoms with Gasteiger partial charge in [-0.3, -0.25) is 4.98 Å². The Morgan fingerprint density at radius 1 is 0.682 bits per heavy atom. The van der Waals surface area contributed by atoms with Crippen LogP contribution in [0.3, 0.4) is 0 Å². The highest BCUT2D eigenvalue weighted by Crippen LogP contribution is 2.41. The fraction of sp³-hybridized carbons (Fsp3) is 0.167. The molecule has 0 aliphatic carbocycles. The number of hydrogen-bond donors (Lipinski definition) is 0. The van der Waals surface area contributed by atoms with Crippen molar-refractivity contribution in [1.29, 1.82) is 0 Å². The van der Waals surface area contributed by atoms with Crippen molar-refractivity contribution in [1.82, 2.24) is 4.98 Å². The fourth-order valence-electron chi connectivity index (χ4n) is 2.61. The molecule has 2 aromatic carbocycles. The third-order valence-electron chi connectivity index (χ3n) is 3.67. The highest BCUT2D eigenvalue weighted by atomic mass is 16.5. The minimum absolute atomic E-state index is 0.698. The molecule has 0 saturated carbocycles. The van der Waals surface area contributed by atoms with Crippen molar-refractivity contribution in [2.75, 3.05) is 21.3 Å². The summed E-state index contributed by atoms with van der Waals surface area (Å²) in [6, 6.07) is 11.9. The average molecular weight is 295 g/mol. The molecule has 0 N–H and O–H groups in total. The molecule has 4 nitrogen and oxygen atoms in total. The van der Waals surface area contributed by atoms with Crippen LogP contribution in [0.15, 0.2) is 48.8 Å². The smallest absolute Gasteiger partial charge is 0.168 e.